The van der Waals surface area contributed by atoms with Gasteiger partial charge in [-0.1, -0.05) is 30.3 Å². The molecule has 1 saturated heterocycles. The number of nitrogens with zero attached hydrogens (tertiary/aromatic N) is 4. The first-order valence-electron chi connectivity index (χ1n) is 7.96. The number of β-amino-alcohol motifs (C(OH)–C–C–N with tert-alkyl or cyclic N) is 1. The predicted octanol–water partition coefficient (Wildman–Crippen LogP) is 1.79. The van der Waals surface area contributed by atoms with Crippen molar-refractivity contribution in [1.29, 1.82) is 0 Å². The van der Waals surface area contributed by atoms with Crippen molar-refractivity contribution in [3.63, 3.8) is 0 Å². The molecular weight excluding hydrogens is 360 g/mol. The number of halogens is 1. The molecule has 2 aromatic rings. The molecule has 0 aromatic carbocycles. The number of anilines is 2. The van der Waals surface area contributed by atoms with E-state index in [1.54, 1.807) is 24.7 Å². The Balaban J connectivity index is 1.70. The molecule has 7 nitrogen and oxygen atoms in total. The summed E-state index contributed by atoms with van der Waals surface area (Å²) in [6, 6.07) is 1.79. The van der Waals surface area contributed by atoms with E-state index in [0.29, 0.717) is 29.0 Å². The molecule has 0 aliphatic carbocycles. The minimum atomic E-state index is -0.485. The van der Waals surface area contributed by atoms with E-state index in [2.05, 4.69) is 15.0 Å². The van der Waals surface area contributed by atoms with Crippen LogP contribution in [0.4, 0.5) is 11.6 Å². The van der Waals surface area contributed by atoms with Gasteiger partial charge in [0.1, 0.15) is 16.7 Å². The van der Waals surface area contributed by atoms with Crippen LogP contribution in [0.3, 0.4) is 0 Å². The van der Waals surface area contributed by atoms with Crippen molar-refractivity contribution in [3.05, 3.63) is 29.7 Å². The predicted molar refractivity (Wildman–Crippen MR) is 99.8 cm³/mol. The van der Waals surface area contributed by atoms with Crippen molar-refractivity contribution in [3.8, 4) is 0 Å². The molecule has 0 unspecified atom stereocenters. The van der Waals surface area contributed by atoms with E-state index in [1.165, 1.54) is 11.8 Å². The number of nitrogens with two attached hydrogens (primary N) is 2. The second-order valence-corrected chi connectivity index (χ2v) is 7.83. The summed E-state index contributed by atoms with van der Waals surface area (Å²) < 4.78 is 0. The minimum Gasteiger partial charge on any atom is -0.391 e. The molecule has 3 heterocycles. The third-order valence-electron chi connectivity index (χ3n) is 4.65. The Labute approximate surface area is 155 Å². The highest BCUT2D eigenvalue weighted by molar-refractivity contribution is 7.99. The number of aliphatic hydroxyl groups excluding tert-OH is 1. The van der Waals surface area contributed by atoms with Crippen LogP contribution in [0.5, 0.6) is 0 Å². The third-order valence-corrected chi connectivity index (χ3v) is 6.14. The van der Waals surface area contributed by atoms with E-state index in [0.717, 1.165) is 23.7 Å². The topological polar surface area (TPSA) is 114 Å². The van der Waals surface area contributed by atoms with Crippen molar-refractivity contribution in [2.45, 2.75) is 29.4 Å². The van der Waals surface area contributed by atoms with E-state index < -0.39 is 6.10 Å². The number of aliphatic hydroxyl groups is 1. The summed E-state index contributed by atoms with van der Waals surface area (Å²) in [6.07, 6.45) is 5.33. The highest BCUT2D eigenvalue weighted by Crippen LogP contribution is 2.35. The zero-order valence-electron chi connectivity index (χ0n) is 13.9. The number of hydrogen-bond acceptors (Lipinski definition) is 8. The molecule has 9 heteroatoms. The van der Waals surface area contributed by atoms with Crippen molar-refractivity contribution < 1.29 is 5.11 Å². The third kappa shape index (κ3) is 3.82. The van der Waals surface area contributed by atoms with Gasteiger partial charge in [-0.15, -0.1) is 0 Å². The summed E-state index contributed by atoms with van der Waals surface area (Å²) in [5, 5.41) is 11.5. The fourth-order valence-electron chi connectivity index (χ4n) is 2.68. The Morgan fingerprint density at radius 2 is 2.20 bits per heavy atom. The van der Waals surface area contributed by atoms with Crippen molar-refractivity contribution in [2.24, 2.45) is 11.1 Å². The normalized spacial score (nSPS) is 23.7. The van der Waals surface area contributed by atoms with Crippen molar-refractivity contribution in [1.82, 2.24) is 15.0 Å². The van der Waals surface area contributed by atoms with E-state index in [-0.39, 0.29) is 5.41 Å². The van der Waals surface area contributed by atoms with Crippen LogP contribution < -0.4 is 16.4 Å². The fraction of sp³-hybridized carbons (Fsp3) is 0.438. The molecule has 25 heavy (non-hydrogen) atoms. The molecule has 2 aromatic heterocycles. The average Bonchev–Trinajstić information content (AvgIpc) is 2.62. The Hall–Kier alpha value is -1.61. The number of nitrogen functional groups attached to an aromatic ring is 1. The molecule has 2 atom stereocenters. The molecule has 1 fully saturated rings. The van der Waals surface area contributed by atoms with Gasteiger partial charge in [-0.3, -0.25) is 0 Å². The van der Waals surface area contributed by atoms with Gasteiger partial charge in [-0.05, 0) is 12.5 Å². The first-order valence-corrected chi connectivity index (χ1v) is 9.15. The summed E-state index contributed by atoms with van der Waals surface area (Å²) in [4.78, 5) is 15.7. The van der Waals surface area contributed by atoms with E-state index >= 15 is 0 Å². The van der Waals surface area contributed by atoms with Gasteiger partial charge >= 0.3 is 0 Å². The first-order chi connectivity index (χ1) is 11.9. The minimum absolute atomic E-state index is 0.238. The first kappa shape index (κ1) is 18.2. The van der Waals surface area contributed by atoms with Gasteiger partial charge in [-0.2, -0.15) is 0 Å². The molecule has 0 amide bonds. The van der Waals surface area contributed by atoms with Gasteiger partial charge in [-0.25, -0.2) is 15.0 Å². The summed E-state index contributed by atoms with van der Waals surface area (Å²) in [7, 11) is 0. The van der Waals surface area contributed by atoms with Crippen LogP contribution in [0.1, 0.15) is 13.3 Å². The zero-order chi connectivity index (χ0) is 18.0. The maximum atomic E-state index is 10.4. The van der Waals surface area contributed by atoms with Crippen LogP contribution in [-0.4, -0.2) is 45.8 Å². The van der Waals surface area contributed by atoms with Gasteiger partial charge in [0, 0.05) is 36.1 Å². The smallest absolute Gasteiger partial charge is 0.147 e. The Morgan fingerprint density at radius 1 is 1.40 bits per heavy atom. The summed E-state index contributed by atoms with van der Waals surface area (Å²) in [5.74, 6) is 1.03. The Bertz CT molecular complexity index is 746. The maximum Gasteiger partial charge on any atom is 0.147 e. The summed E-state index contributed by atoms with van der Waals surface area (Å²) in [5.41, 5.74) is 11.3. The van der Waals surface area contributed by atoms with E-state index in [4.69, 9.17) is 23.1 Å². The molecule has 134 valence electrons. The molecule has 1 aliphatic rings. The van der Waals surface area contributed by atoms with Crippen molar-refractivity contribution >= 4 is 35.0 Å². The lowest BCUT2D eigenvalue weighted by atomic mass is 9.78. The highest BCUT2D eigenvalue weighted by atomic mass is 35.5. The van der Waals surface area contributed by atoms with Gasteiger partial charge in [0.15, 0.2) is 0 Å². The van der Waals surface area contributed by atoms with Crippen LogP contribution in [0.25, 0.3) is 0 Å². The number of piperidine rings is 1. The standard InChI is InChI=1S/C16H21ClN6OS/c1-16(9-18)3-5-23(8-11(16)24)12-6-22-13(7-21-12)25-10-2-4-20-15(19)14(10)17/h2,4,6-7,11,24H,3,5,8-9,18H2,1H3,(H2,19,20)/t11-,16+/m0/s1. The maximum absolute atomic E-state index is 10.4. The Morgan fingerprint density at radius 3 is 2.84 bits per heavy atom. The molecule has 0 spiro atoms. The largest absolute Gasteiger partial charge is 0.391 e. The molecule has 0 saturated carbocycles. The van der Waals surface area contributed by atoms with E-state index in [9.17, 15) is 5.11 Å². The zero-order valence-corrected chi connectivity index (χ0v) is 15.5. The summed E-state index contributed by atoms with van der Waals surface area (Å²) in [6.45, 7) is 3.78. The van der Waals surface area contributed by atoms with Gasteiger partial charge < -0.3 is 21.5 Å². The van der Waals surface area contributed by atoms with Gasteiger partial charge in [0.05, 0.1) is 23.5 Å². The van der Waals surface area contributed by atoms with Crippen LogP contribution in [0, 0.1) is 5.41 Å². The molecule has 0 bridgehead atoms. The van der Waals surface area contributed by atoms with E-state index in [1.807, 2.05) is 11.8 Å². The fourth-order valence-corrected chi connectivity index (χ4v) is 3.67. The van der Waals surface area contributed by atoms with Gasteiger partial charge in [0.25, 0.3) is 0 Å². The Kier molecular flexibility index (Phi) is 5.33. The number of rotatable bonds is 4. The molecule has 1 aliphatic heterocycles. The molecule has 3 rings (SSSR count). The quantitative estimate of drug-likeness (QED) is 0.735. The lowest BCUT2D eigenvalue weighted by Crippen LogP contribution is -2.53. The summed E-state index contributed by atoms with van der Waals surface area (Å²) >= 11 is 7.53. The van der Waals surface area contributed by atoms with Crippen molar-refractivity contribution in [2.75, 3.05) is 30.3 Å². The number of pyridine rings is 1. The van der Waals surface area contributed by atoms with Crippen LogP contribution >= 0.6 is 23.4 Å². The lowest BCUT2D eigenvalue weighted by Gasteiger charge is -2.43. The van der Waals surface area contributed by atoms with Crippen LogP contribution in [0.2, 0.25) is 5.02 Å². The second kappa shape index (κ2) is 7.33. The SMILES string of the molecule is C[C@]1(CN)CCN(c2cnc(Sc3ccnc(N)c3Cl)cn2)C[C@@H]1O. The second-order valence-electron chi connectivity index (χ2n) is 6.39. The van der Waals surface area contributed by atoms with Crippen LogP contribution in [-0.2, 0) is 0 Å². The number of hydrogen-bond donors (Lipinski definition) is 3. The molecule has 5 N–H and O–H groups in total. The van der Waals surface area contributed by atoms with Gasteiger partial charge in [0.2, 0.25) is 0 Å². The average molecular weight is 381 g/mol. The van der Waals surface area contributed by atoms with Crippen LogP contribution in [0.15, 0.2) is 34.6 Å². The molecular formula is C16H21ClN6OS. The molecule has 0 radical (unpaired) electrons. The monoisotopic (exact) mass is 380 g/mol. The lowest BCUT2D eigenvalue weighted by molar-refractivity contribution is 0.0278. The highest BCUT2D eigenvalue weighted by Gasteiger charge is 2.37. The number of aromatic nitrogens is 3.